The van der Waals surface area contributed by atoms with Gasteiger partial charge in [0.25, 0.3) is 0 Å². The third-order valence-electron chi connectivity index (χ3n) is 5.28. The normalized spacial score (nSPS) is 19.0. The van der Waals surface area contributed by atoms with E-state index < -0.39 is 0 Å². The molecule has 142 valence electrons. The van der Waals surface area contributed by atoms with Crippen LogP contribution in [-0.4, -0.2) is 33.9 Å². The van der Waals surface area contributed by atoms with Gasteiger partial charge in [-0.2, -0.15) is 0 Å². The number of nitrogens with one attached hydrogen (secondary N) is 1. The van der Waals surface area contributed by atoms with Crippen molar-refractivity contribution in [1.29, 1.82) is 0 Å². The maximum absolute atomic E-state index is 4.35. The van der Waals surface area contributed by atoms with E-state index in [2.05, 4.69) is 65.8 Å². The Balaban J connectivity index is 1.80. The smallest absolute Gasteiger partial charge is 0.131 e. The molecule has 2 bridgehead atoms. The Labute approximate surface area is 163 Å². The molecule has 1 unspecified atom stereocenters. The largest absolute Gasteiger partial charge is 0.368 e. The molecule has 1 aromatic rings. The van der Waals surface area contributed by atoms with Gasteiger partial charge in [0.1, 0.15) is 11.6 Å². The molecule has 0 aromatic carbocycles. The van der Waals surface area contributed by atoms with E-state index in [-0.39, 0.29) is 0 Å². The predicted octanol–water partition coefficient (Wildman–Crippen LogP) is 5.05. The molecule has 1 aromatic heterocycles. The van der Waals surface area contributed by atoms with E-state index in [1.807, 2.05) is 18.2 Å². The van der Waals surface area contributed by atoms with Crippen LogP contribution in [0.2, 0.25) is 0 Å². The van der Waals surface area contributed by atoms with Crippen molar-refractivity contribution >= 4 is 5.82 Å². The minimum atomic E-state index is 0.448. The lowest BCUT2D eigenvalue weighted by molar-refractivity contribution is 0.269. The zero-order chi connectivity index (χ0) is 19.4. The van der Waals surface area contributed by atoms with Gasteiger partial charge in [-0.15, -0.1) is 0 Å². The summed E-state index contributed by atoms with van der Waals surface area (Å²) < 4.78 is 0. The lowest BCUT2D eigenvalue weighted by atomic mass is 10.0. The quantitative estimate of drug-likeness (QED) is 0.655. The highest BCUT2D eigenvalue weighted by atomic mass is 15.4. The molecule has 1 atom stereocenters. The average Bonchev–Trinajstić information content (AvgIpc) is 3.07. The Morgan fingerprint density at radius 3 is 2.85 bits per heavy atom. The van der Waals surface area contributed by atoms with Gasteiger partial charge in [-0.3, -0.25) is 0 Å². The Bertz CT molecular complexity index is 788. The van der Waals surface area contributed by atoms with E-state index in [1.165, 1.54) is 11.4 Å². The summed E-state index contributed by atoms with van der Waals surface area (Å²) in [6, 6.07) is 6.29. The molecule has 2 aliphatic heterocycles. The van der Waals surface area contributed by atoms with Gasteiger partial charge in [-0.25, -0.2) is 4.98 Å². The van der Waals surface area contributed by atoms with Crippen LogP contribution in [0.3, 0.4) is 0 Å². The fraction of sp³-hybridized carbons (Fsp3) is 0.348. The van der Waals surface area contributed by atoms with Gasteiger partial charge in [0, 0.05) is 25.0 Å². The van der Waals surface area contributed by atoms with Crippen molar-refractivity contribution in [3.05, 3.63) is 84.6 Å². The van der Waals surface area contributed by atoms with Crippen LogP contribution in [0.25, 0.3) is 0 Å². The molecule has 1 fully saturated rings. The molecule has 4 heteroatoms. The summed E-state index contributed by atoms with van der Waals surface area (Å²) in [4.78, 5) is 9.13. The summed E-state index contributed by atoms with van der Waals surface area (Å²) >= 11 is 0. The third kappa shape index (κ3) is 4.16. The molecular formula is C23H30N4. The van der Waals surface area contributed by atoms with Gasteiger partial charge < -0.3 is 15.1 Å². The van der Waals surface area contributed by atoms with Crippen LogP contribution < -0.4 is 5.32 Å². The Morgan fingerprint density at radius 2 is 2.15 bits per heavy atom. The SMILES string of the molecule is C=C(/C=C\C1=C(C)N(C(=C)Nc2ccccn2)C2CCN1C2)C(=C)CCC. The molecule has 1 saturated heterocycles. The van der Waals surface area contributed by atoms with Gasteiger partial charge in [0.15, 0.2) is 0 Å². The van der Waals surface area contributed by atoms with Crippen LogP contribution in [0, 0.1) is 0 Å². The maximum Gasteiger partial charge on any atom is 0.131 e. The Morgan fingerprint density at radius 1 is 1.33 bits per heavy atom. The first kappa shape index (κ1) is 19.0. The zero-order valence-electron chi connectivity index (χ0n) is 16.5. The maximum atomic E-state index is 4.35. The van der Waals surface area contributed by atoms with Gasteiger partial charge in [-0.1, -0.05) is 45.2 Å². The minimum Gasteiger partial charge on any atom is -0.368 e. The molecular weight excluding hydrogens is 332 g/mol. The van der Waals surface area contributed by atoms with Gasteiger partial charge in [0.05, 0.1) is 11.7 Å². The first-order chi connectivity index (χ1) is 13.0. The molecule has 1 N–H and O–H groups in total. The zero-order valence-corrected chi connectivity index (χ0v) is 16.5. The Hall–Kier alpha value is -2.75. The summed E-state index contributed by atoms with van der Waals surface area (Å²) in [6.07, 6.45) is 9.28. The first-order valence-electron chi connectivity index (χ1n) is 9.68. The molecule has 0 amide bonds. The van der Waals surface area contributed by atoms with E-state index in [0.717, 1.165) is 55.1 Å². The van der Waals surface area contributed by atoms with E-state index in [1.54, 1.807) is 6.20 Å². The number of allylic oxidation sites excluding steroid dienone is 5. The number of hydrogen-bond donors (Lipinski definition) is 1. The number of pyridine rings is 1. The number of nitrogens with zero attached hydrogens (tertiary/aromatic N) is 3. The molecule has 0 radical (unpaired) electrons. The van der Waals surface area contributed by atoms with Gasteiger partial charge in [0.2, 0.25) is 0 Å². The van der Waals surface area contributed by atoms with Crippen molar-refractivity contribution in [1.82, 2.24) is 14.8 Å². The highest BCUT2D eigenvalue weighted by Gasteiger charge is 2.36. The lowest BCUT2D eigenvalue weighted by Gasteiger charge is -2.39. The van der Waals surface area contributed by atoms with Crippen LogP contribution in [0.15, 0.2) is 84.6 Å². The van der Waals surface area contributed by atoms with Crippen LogP contribution in [0.1, 0.15) is 33.1 Å². The first-order valence-corrected chi connectivity index (χ1v) is 9.68. The molecule has 0 spiro atoms. The highest BCUT2D eigenvalue weighted by Crippen LogP contribution is 2.34. The third-order valence-corrected chi connectivity index (χ3v) is 5.28. The Kier molecular flexibility index (Phi) is 5.84. The molecule has 0 saturated carbocycles. The van der Waals surface area contributed by atoms with Crippen molar-refractivity contribution in [3.63, 3.8) is 0 Å². The summed E-state index contributed by atoms with van der Waals surface area (Å²) in [5, 5.41) is 3.36. The highest BCUT2D eigenvalue weighted by molar-refractivity contribution is 5.44. The monoisotopic (exact) mass is 362 g/mol. The second-order valence-electron chi connectivity index (χ2n) is 7.23. The van der Waals surface area contributed by atoms with Crippen molar-refractivity contribution in [3.8, 4) is 0 Å². The van der Waals surface area contributed by atoms with E-state index >= 15 is 0 Å². The summed E-state index contributed by atoms with van der Waals surface area (Å²) in [7, 11) is 0. The molecule has 0 aliphatic carbocycles. The molecule has 3 rings (SSSR count). The van der Waals surface area contributed by atoms with E-state index in [9.17, 15) is 0 Å². The van der Waals surface area contributed by atoms with Crippen molar-refractivity contribution < 1.29 is 0 Å². The molecule has 4 nitrogen and oxygen atoms in total. The van der Waals surface area contributed by atoms with Crippen molar-refractivity contribution in [2.24, 2.45) is 0 Å². The fourth-order valence-electron chi connectivity index (χ4n) is 3.85. The van der Waals surface area contributed by atoms with Gasteiger partial charge in [-0.05, 0) is 49.1 Å². The summed E-state index contributed by atoms with van der Waals surface area (Å²) in [6.45, 7) is 19.0. The summed E-state index contributed by atoms with van der Waals surface area (Å²) in [5.41, 5.74) is 4.57. The second kappa shape index (κ2) is 8.30. The average molecular weight is 363 g/mol. The second-order valence-corrected chi connectivity index (χ2v) is 7.23. The lowest BCUT2D eigenvalue weighted by Crippen LogP contribution is -2.42. The van der Waals surface area contributed by atoms with Crippen LogP contribution >= 0.6 is 0 Å². The topological polar surface area (TPSA) is 31.4 Å². The van der Waals surface area contributed by atoms with Crippen LogP contribution in [0.4, 0.5) is 5.82 Å². The number of hydrogen-bond acceptors (Lipinski definition) is 4. The number of rotatable bonds is 8. The van der Waals surface area contributed by atoms with Crippen LogP contribution in [-0.2, 0) is 0 Å². The van der Waals surface area contributed by atoms with E-state index in [0.29, 0.717) is 6.04 Å². The van der Waals surface area contributed by atoms with Crippen molar-refractivity contribution in [2.75, 3.05) is 18.4 Å². The molecule has 3 heterocycles. The number of fused-ring (bicyclic) bond motifs is 2. The molecule has 27 heavy (non-hydrogen) atoms. The number of anilines is 1. The predicted molar refractivity (Wildman–Crippen MR) is 114 cm³/mol. The summed E-state index contributed by atoms with van der Waals surface area (Å²) in [5.74, 6) is 1.69. The fourth-order valence-corrected chi connectivity index (χ4v) is 3.85. The van der Waals surface area contributed by atoms with Crippen LogP contribution in [0.5, 0.6) is 0 Å². The minimum absolute atomic E-state index is 0.448. The standard InChI is InChI=1S/C23H30N4/c1-6-9-17(2)18(3)11-12-22-19(4)27(21-13-15-26(22)16-21)20(5)25-23-10-7-8-14-24-23/h7-8,10-12,14,21H,2-3,5-6,9,13,15-16H2,1,4H3,(H,24,25)/b12-11-. The van der Waals surface area contributed by atoms with E-state index in [4.69, 9.17) is 0 Å². The van der Waals surface area contributed by atoms with Gasteiger partial charge >= 0.3 is 0 Å². The van der Waals surface area contributed by atoms with Crippen molar-refractivity contribution in [2.45, 2.75) is 39.2 Å². The molecule has 2 aliphatic rings. The number of aromatic nitrogens is 1.